The summed E-state index contributed by atoms with van der Waals surface area (Å²) in [6.07, 6.45) is 4.93. The Hall–Kier alpha value is -2.78. The minimum Gasteiger partial charge on any atom is -0.479 e. The smallest absolute Gasteiger partial charge is 0.337 e. The third-order valence-electron chi connectivity index (χ3n) is 8.25. The lowest BCUT2D eigenvalue weighted by molar-refractivity contribution is -0.165. The number of ketones is 1. The van der Waals surface area contributed by atoms with E-state index in [1.54, 1.807) is 13.8 Å². The van der Waals surface area contributed by atoms with E-state index in [-0.39, 0.29) is 25.0 Å². The fraction of sp³-hybridized carbons (Fsp3) is 0.643. The van der Waals surface area contributed by atoms with E-state index in [9.17, 15) is 24.3 Å². The number of likely N-dealkylation sites (tertiary alicyclic amines) is 1. The molecule has 9 heteroatoms. The van der Waals surface area contributed by atoms with Gasteiger partial charge in [0.15, 0.2) is 5.78 Å². The van der Waals surface area contributed by atoms with Crippen LogP contribution in [0.3, 0.4) is 0 Å². The molecule has 3 fully saturated rings. The molecule has 0 unspecified atom stereocenters. The standard InChI is InChI=1S/C28H39N3O6/c1-3-37-26(34)22(15-14-19-9-5-4-6-10-19)30-18(2)25(33)31-23-13-7-11-20(23)17-28(31,27(35)36)24(32)21-12-8-16-29-21/h4-6,9-10,18,20-23,29-30H,3,7-8,11-17H2,1-2H3,(H,35,36)/t18-,20-,21-,22-,23-,28+/m0/s1. The Labute approximate surface area is 218 Å². The third kappa shape index (κ3) is 5.43. The zero-order chi connectivity index (χ0) is 26.6. The zero-order valence-corrected chi connectivity index (χ0v) is 21.8. The number of carbonyl (C=O) groups is 4. The van der Waals surface area contributed by atoms with Crippen LogP contribution < -0.4 is 10.6 Å². The van der Waals surface area contributed by atoms with Crippen LogP contribution in [0.4, 0.5) is 0 Å². The number of nitrogens with zero attached hydrogens (tertiary/aromatic N) is 1. The fourth-order valence-electron chi connectivity index (χ4n) is 6.47. The van der Waals surface area contributed by atoms with Crippen molar-refractivity contribution in [2.75, 3.05) is 13.2 Å². The number of ether oxygens (including phenoxy) is 1. The molecule has 1 aromatic rings. The molecule has 2 heterocycles. The van der Waals surface area contributed by atoms with Gasteiger partial charge in [-0.1, -0.05) is 36.8 Å². The number of rotatable bonds is 11. The van der Waals surface area contributed by atoms with Crippen LogP contribution in [0.5, 0.6) is 0 Å². The summed E-state index contributed by atoms with van der Waals surface area (Å²) in [5.41, 5.74) is -0.820. The van der Waals surface area contributed by atoms with Gasteiger partial charge >= 0.3 is 11.9 Å². The van der Waals surface area contributed by atoms with Crippen LogP contribution in [0, 0.1) is 5.92 Å². The fourth-order valence-corrected chi connectivity index (χ4v) is 6.47. The first kappa shape index (κ1) is 27.3. The van der Waals surface area contributed by atoms with E-state index < -0.39 is 47.3 Å². The van der Waals surface area contributed by atoms with Gasteiger partial charge in [-0.15, -0.1) is 0 Å². The molecular weight excluding hydrogens is 474 g/mol. The lowest BCUT2D eigenvalue weighted by atomic mass is 9.83. The summed E-state index contributed by atoms with van der Waals surface area (Å²) in [6.45, 7) is 4.25. The third-order valence-corrected chi connectivity index (χ3v) is 8.25. The van der Waals surface area contributed by atoms with E-state index in [0.29, 0.717) is 32.2 Å². The molecule has 37 heavy (non-hydrogen) atoms. The molecule has 3 aliphatic rings. The van der Waals surface area contributed by atoms with Crippen LogP contribution in [0.25, 0.3) is 0 Å². The first-order chi connectivity index (χ1) is 17.8. The van der Waals surface area contributed by atoms with Gasteiger partial charge in [0.1, 0.15) is 6.04 Å². The minimum atomic E-state index is -1.88. The topological polar surface area (TPSA) is 125 Å². The summed E-state index contributed by atoms with van der Waals surface area (Å²) in [4.78, 5) is 54.7. The summed E-state index contributed by atoms with van der Waals surface area (Å²) in [5, 5.41) is 16.7. The predicted molar refractivity (Wildman–Crippen MR) is 137 cm³/mol. The molecule has 1 aromatic carbocycles. The lowest BCUT2D eigenvalue weighted by Gasteiger charge is -2.39. The van der Waals surface area contributed by atoms with Crippen LogP contribution >= 0.6 is 0 Å². The van der Waals surface area contributed by atoms with Crippen molar-refractivity contribution < 1.29 is 29.0 Å². The van der Waals surface area contributed by atoms with E-state index in [4.69, 9.17) is 4.74 Å². The Kier molecular flexibility index (Phi) is 8.64. The maximum absolute atomic E-state index is 14.0. The summed E-state index contributed by atoms with van der Waals surface area (Å²) in [6, 6.07) is 7.28. The van der Waals surface area contributed by atoms with Crippen LogP contribution in [0.15, 0.2) is 30.3 Å². The molecule has 2 saturated heterocycles. The maximum Gasteiger partial charge on any atom is 0.337 e. The Morgan fingerprint density at radius 1 is 1.16 bits per heavy atom. The van der Waals surface area contributed by atoms with Crippen LogP contribution in [0.1, 0.15) is 64.4 Å². The van der Waals surface area contributed by atoms with Gasteiger partial charge in [-0.2, -0.15) is 0 Å². The second kappa shape index (κ2) is 11.7. The molecule has 0 radical (unpaired) electrons. The van der Waals surface area contributed by atoms with Crippen molar-refractivity contribution in [1.82, 2.24) is 15.5 Å². The molecule has 1 saturated carbocycles. The van der Waals surface area contributed by atoms with Gasteiger partial charge in [0.25, 0.3) is 0 Å². The largest absolute Gasteiger partial charge is 0.479 e. The summed E-state index contributed by atoms with van der Waals surface area (Å²) >= 11 is 0. The zero-order valence-electron chi connectivity index (χ0n) is 21.8. The van der Waals surface area contributed by atoms with Crippen molar-refractivity contribution in [1.29, 1.82) is 0 Å². The quantitative estimate of drug-likeness (QED) is 0.303. The number of amides is 1. The number of carboxylic acid groups (broad SMARTS) is 1. The van der Waals surface area contributed by atoms with Gasteiger partial charge in [-0.05, 0) is 76.8 Å². The van der Waals surface area contributed by atoms with Gasteiger partial charge in [-0.3, -0.25) is 19.7 Å². The Bertz CT molecular complexity index is 995. The van der Waals surface area contributed by atoms with Gasteiger partial charge < -0.3 is 20.1 Å². The summed E-state index contributed by atoms with van der Waals surface area (Å²) in [7, 11) is 0. The molecule has 0 bridgehead atoms. The first-order valence-corrected chi connectivity index (χ1v) is 13.6. The number of benzene rings is 1. The highest BCUT2D eigenvalue weighted by atomic mass is 16.5. The highest BCUT2D eigenvalue weighted by Gasteiger charge is 2.64. The second-order valence-corrected chi connectivity index (χ2v) is 10.6. The molecule has 202 valence electrons. The number of fused-ring (bicyclic) bond motifs is 1. The number of hydrogen-bond acceptors (Lipinski definition) is 7. The average molecular weight is 514 g/mol. The van der Waals surface area contributed by atoms with Crippen molar-refractivity contribution in [3.05, 3.63) is 35.9 Å². The lowest BCUT2D eigenvalue weighted by Crippen LogP contribution is -2.66. The minimum absolute atomic E-state index is 0.0171. The van der Waals surface area contributed by atoms with Gasteiger partial charge in [0, 0.05) is 6.04 Å². The average Bonchev–Trinajstić information content (AvgIpc) is 3.63. The number of aryl methyl sites for hydroxylation is 1. The number of carboxylic acids is 1. The SMILES string of the molecule is CCOC(=O)[C@H](CCc1ccccc1)N[C@@H](C)C(=O)N1[C@H]2CCC[C@H]2C[C@]1(C(=O)O)C(=O)[C@@H]1CCCN1. The Morgan fingerprint density at radius 2 is 1.92 bits per heavy atom. The molecule has 0 aromatic heterocycles. The summed E-state index contributed by atoms with van der Waals surface area (Å²) < 4.78 is 5.27. The molecule has 4 rings (SSSR count). The molecule has 6 atom stereocenters. The number of Topliss-reactive ketones (excluding diaryl/α,β-unsaturated/α-hetero) is 1. The number of esters is 1. The first-order valence-electron chi connectivity index (χ1n) is 13.6. The van der Waals surface area contributed by atoms with E-state index in [2.05, 4.69) is 10.6 Å². The van der Waals surface area contributed by atoms with Gasteiger partial charge in [0.05, 0.1) is 18.7 Å². The van der Waals surface area contributed by atoms with Crippen molar-refractivity contribution >= 4 is 23.6 Å². The Morgan fingerprint density at radius 3 is 2.57 bits per heavy atom. The van der Waals surface area contributed by atoms with Crippen LogP contribution in [-0.4, -0.2) is 76.5 Å². The summed E-state index contributed by atoms with van der Waals surface area (Å²) in [5.74, 6) is -2.59. The van der Waals surface area contributed by atoms with E-state index in [1.165, 1.54) is 4.90 Å². The Balaban J connectivity index is 1.57. The molecule has 9 nitrogen and oxygen atoms in total. The van der Waals surface area contributed by atoms with Crippen molar-refractivity contribution in [3.63, 3.8) is 0 Å². The van der Waals surface area contributed by atoms with E-state index >= 15 is 0 Å². The van der Waals surface area contributed by atoms with Crippen molar-refractivity contribution in [3.8, 4) is 0 Å². The molecule has 0 spiro atoms. The number of hydrogen-bond donors (Lipinski definition) is 3. The monoisotopic (exact) mass is 513 g/mol. The molecule has 3 N–H and O–H groups in total. The highest BCUT2D eigenvalue weighted by molar-refractivity contribution is 6.13. The number of carbonyl (C=O) groups excluding carboxylic acids is 3. The number of nitrogens with one attached hydrogen (secondary N) is 2. The molecular formula is C28H39N3O6. The number of aliphatic carboxylic acids is 1. The van der Waals surface area contributed by atoms with Crippen molar-refractivity contribution in [2.24, 2.45) is 5.92 Å². The molecule has 2 aliphatic heterocycles. The van der Waals surface area contributed by atoms with E-state index in [1.807, 2.05) is 30.3 Å². The molecule has 1 amide bonds. The van der Waals surface area contributed by atoms with Crippen LogP contribution in [-0.2, 0) is 30.3 Å². The maximum atomic E-state index is 14.0. The normalized spacial score (nSPS) is 28.5. The molecule has 1 aliphatic carbocycles. The van der Waals surface area contributed by atoms with Crippen LogP contribution in [0.2, 0.25) is 0 Å². The predicted octanol–water partition coefficient (Wildman–Crippen LogP) is 2.07. The van der Waals surface area contributed by atoms with Gasteiger partial charge in [-0.25, -0.2) is 4.79 Å². The van der Waals surface area contributed by atoms with Gasteiger partial charge in [0.2, 0.25) is 11.4 Å². The van der Waals surface area contributed by atoms with E-state index in [0.717, 1.165) is 24.8 Å². The highest BCUT2D eigenvalue weighted by Crippen LogP contribution is 2.48. The van der Waals surface area contributed by atoms with Crippen molar-refractivity contribution in [2.45, 2.75) is 94.9 Å². The second-order valence-electron chi connectivity index (χ2n) is 10.6.